The van der Waals surface area contributed by atoms with Gasteiger partial charge < -0.3 is 25.5 Å². The highest BCUT2D eigenvalue weighted by molar-refractivity contribution is 7.12. The van der Waals surface area contributed by atoms with Crippen LogP contribution < -0.4 is 10.6 Å². The molecule has 31 heavy (non-hydrogen) atoms. The monoisotopic (exact) mass is 450 g/mol. The van der Waals surface area contributed by atoms with Crippen molar-refractivity contribution in [2.45, 2.75) is 44.2 Å². The van der Waals surface area contributed by atoms with E-state index >= 15 is 0 Å². The number of rotatable bonds is 7. The number of aliphatic carboxylic acids is 1. The van der Waals surface area contributed by atoms with Gasteiger partial charge in [0.1, 0.15) is 12.1 Å². The number of thiophene rings is 1. The summed E-state index contributed by atoms with van der Waals surface area (Å²) in [5, 5.41) is 16.0. The second kappa shape index (κ2) is 10.4. The highest BCUT2D eigenvalue weighted by atomic mass is 32.1. The van der Waals surface area contributed by atoms with E-state index < -0.39 is 24.0 Å². The summed E-state index contributed by atoms with van der Waals surface area (Å²) in [7, 11) is 0. The van der Waals surface area contributed by atoms with Crippen LogP contribution in [-0.2, 0) is 19.2 Å². The standard InChI is InChI=1S/C20H26N4O6S/c25-16(6-1-7-17(26)27)24-10-9-23(20(30)15-5-3-11-31-15)12-14(24)19(29)22-13-4-2-8-21-18(13)28/h3,5,11,13-14H,1-2,4,6-10,12H2,(H,21,28)(H,22,29)(H,26,27)/t13-,14-/m1/s1. The molecule has 11 heteroatoms. The van der Waals surface area contributed by atoms with E-state index in [0.29, 0.717) is 17.8 Å². The van der Waals surface area contributed by atoms with E-state index in [1.165, 1.54) is 21.1 Å². The number of nitrogens with zero attached hydrogens (tertiary/aromatic N) is 2. The summed E-state index contributed by atoms with van der Waals surface area (Å²) in [6.45, 7) is 1.01. The molecule has 0 radical (unpaired) electrons. The molecule has 3 heterocycles. The SMILES string of the molecule is O=C(O)CCCC(=O)N1CCN(C(=O)c2cccs2)C[C@@H]1C(=O)N[C@@H]1CCCNC1=O. The van der Waals surface area contributed by atoms with E-state index in [1.54, 1.807) is 17.5 Å². The Kier molecular flexibility index (Phi) is 7.61. The molecule has 2 atom stereocenters. The third-order valence-electron chi connectivity index (χ3n) is 5.41. The van der Waals surface area contributed by atoms with Crippen LogP contribution in [0.5, 0.6) is 0 Å². The zero-order valence-electron chi connectivity index (χ0n) is 17.0. The molecule has 4 amide bonds. The molecule has 1 aromatic heterocycles. The fourth-order valence-corrected chi connectivity index (χ4v) is 4.45. The molecule has 2 fully saturated rings. The smallest absolute Gasteiger partial charge is 0.303 e. The molecular weight excluding hydrogens is 424 g/mol. The third-order valence-corrected chi connectivity index (χ3v) is 6.26. The molecule has 168 valence electrons. The molecule has 0 bridgehead atoms. The van der Waals surface area contributed by atoms with Gasteiger partial charge in [-0.3, -0.25) is 24.0 Å². The number of piperidine rings is 1. The molecule has 0 unspecified atom stereocenters. The van der Waals surface area contributed by atoms with Gasteiger partial charge in [0.05, 0.1) is 11.4 Å². The summed E-state index contributed by atoms with van der Waals surface area (Å²) in [4.78, 5) is 64.8. The van der Waals surface area contributed by atoms with Crippen molar-refractivity contribution in [3.05, 3.63) is 22.4 Å². The van der Waals surface area contributed by atoms with Gasteiger partial charge in [-0.1, -0.05) is 6.07 Å². The molecule has 0 spiro atoms. The van der Waals surface area contributed by atoms with Gasteiger partial charge in [0.2, 0.25) is 17.7 Å². The predicted octanol–water partition coefficient (Wildman–Crippen LogP) is 0.0508. The van der Waals surface area contributed by atoms with Crippen molar-refractivity contribution in [1.82, 2.24) is 20.4 Å². The summed E-state index contributed by atoms with van der Waals surface area (Å²) in [5.41, 5.74) is 0. The van der Waals surface area contributed by atoms with Crippen LogP contribution in [0.25, 0.3) is 0 Å². The molecule has 10 nitrogen and oxygen atoms in total. The Balaban J connectivity index is 1.71. The molecule has 2 saturated heterocycles. The number of amides is 4. The normalized spacial score (nSPS) is 21.4. The maximum absolute atomic E-state index is 13.0. The Morgan fingerprint density at radius 3 is 2.71 bits per heavy atom. The van der Waals surface area contributed by atoms with E-state index in [1.807, 2.05) is 0 Å². The van der Waals surface area contributed by atoms with Gasteiger partial charge in [-0.25, -0.2) is 0 Å². The number of carbonyl (C=O) groups is 5. The minimum absolute atomic E-state index is 0.00113. The first-order chi connectivity index (χ1) is 14.9. The van der Waals surface area contributed by atoms with Gasteiger partial charge >= 0.3 is 5.97 Å². The van der Waals surface area contributed by atoms with E-state index in [2.05, 4.69) is 10.6 Å². The van der Waals surface area contributed by atoms with E-state index in [4.69, 9.17) is 5.11 Å². The number of hydrogen-bond donors (Lipinski definition) is 3. The van der Waals surface area contributed by atoms with Crippen molar-refractivity contribution in [3.63, 3.8) is 0 Å². The first-order valence-corrected chi connectivity index (χ1v) is 11.2. The van der Waals surface area contributed by atoms with Crippen molar-refractivity contribution in [2.75, 3.05) is 26.2 Å². The summed E-state index contributed by atoms with van der Waals surface area (Å²) >= 11 is 1.30. The largest absolute Gasteiger partial charge is 0.481 e. The lowest BCUT2D eigenvalue weighted by Gasteiger charge is -2.41. The van der Waals surface area contributed by atoms with Crippen LogP contribution in [0, 0.1) is 0 Å². The van der Waals surface area contributed by atoms with E-state index in [0.717, 1.165) is 6.42 Å². The molecule has 0 aliphatic carbocycles. The molecule has 3 rings (SSSR count). The van der Waals surface area contributed by atoms with Crippen molar-refractivity contribution in [2.24, 2.45) is 0 Å². The van der Waals surface area contributed by atoms with Crippen molar-refractivity contribution >= 4 is 40.9 Å². The number of piperazine rings is 1. The molecular formula is C20H26N4O6S. The summed E-state index contributed by atoms with van der Waals surface area (Å²) in [6.07, 6.45) is 1.28. The van der Waals surface area contributed by atoms with Gasteiger partial charge in [-0.2, -0.15) is 0 Å². The minimum atomic E-state index is -0.989. The fraction of sp³-hybridized carbons (Fsp3) is 0.550. The maximum atomic E-state index is 13.0. The van der Waals surface area contributed by atoms with Crippen LogP contribution >= 0.6 is 11.3 Å². The highest BCUT2D eigenvalue weighted by Gasteiger charge is 2.38. The lowest BCUT2D eigenvalue weighted by atomic mass is 10.0. The number of carbonyl (C=O) groups excluding carboxylic acids is 4. The second-order valence-corrected chi connectivity index (χ2v) is 8.52. The van der Waals surface area contributed by atoms with Gasteiger partial charge in [0, 0.05) is 32.5 Å². The van der Waals surface area contributed by atoms with Crippen LogP contribution in [0.1, 0.15) is 41.8 Å². The lowest BCUT2D eigenvalue weighted by molar-refractivity contribution is -0.144. The van der Waals surface area contributed by atoms with Gasteiger partial charge in [-0.15, -0.1) is 11.3 Å². The van der Waals surface area contributed by atoms with E-state index in [9.17, 15) is 24.0 Å². The summed E-state index contributed by atoms with van der Waals surface area (Å²) in [5.74, 6) is -2.28. The Morgan fingerprint density at radius 1 is 1.23 bits per heavy atom. The summed E-state index contributed by atoms with van der Waals surface area (Å²) in [6, 6.07) is 1.86. The average molecular weight is 451 g/mol. The Hall–Kier alpha value is -2.95. The van der Waals surface area contributed by atoms with Crippen molar-refractivity contribution in [1.29, 1.82) is 0 Å². The maximum Gasteiger partial charge on any atom is 0.303 e. The quantitative estimate of drug-likeness (QED) is 0.537. The Morgan fingerprint density at radius 2 is 2.03 bits per heavy atom. The van der Waals surface area contributed by atoms with Crippen molar-refractivity contribution < 1.29 is 29.1 Å². The van der Waals surface area contributed by atoms with Gasteiger partial charge in [0.15, 0.2) is 0 Å². The van der Waals surface area contributed by atoms with Crippen LogP contribution in [0.4, 0.5) is 0 Å². The molecule has 2 aliphatic heterocycles. The number of carboxylic acids is 1. The predicted molar refractivity (Wildman–Crippen MR) is 111 cm³/mol. The highest BCUT2D eigenvalue weighted by Crippen LogP contribution is 2.19. The summed E-state index contributed by atoms with van der Waals surface area (Å²) < 4.78 is 0. The van der Waals surface area contributed by atoms with Crippen LogP contribution in [0.15, 0.2) is 17.5 Å². The zero-order chi connectivity index (χ0) is 22.4. The number of hydrogen-bond acceptors (Lipinski definition) is 6. The Bertz CT molecular complexity index is 843. The van der Waals surface area contributed by atoms with Crippen LogP contribution in [0.2, 0.25) is 0 Å². The first-order valence-electron chi connectivity index (χ1n) is 10.3. The van der Waals surface area contributed by atoms with Crippen LogP contribution in [0.3, 0.4) is 0 Å². The average Bonchev–Trinajstić information content (AvgIpc) is 3.29. The molecule has 1 aromatic rings. The molecule has 0 aromatic carbocycles. The Labute approximate surface area is 183 Å². The van der Waals surface area contributed by atoms with Crippen molar-refractivity contribution in [3.8, 4) is 0 Å². The van der Waals surface area contributed by atoms with Gasteiger partial charge in [-0.05, 0) is 30.7 Å². The first kappa shape index (κ1) is 22.7. The zero-order valence-corrected chi connectivity index (χ0v) is 17.9. The third kappa shape index (κ3) is 5.81. The minimum Gasteiger partial charge on any atom is -0.481 e. The van der Waals surface area contributed by atoms with E-state index in [-0.39, 0.29) is 56.6 Å². The lowest BCUT2D eigenvalue weighted by Crippen LogP contribution is -2.63. The number of carboxylic acid groups (broad SMARTS) is 1. The van der Waals surface area contributed by atoms with Crippen LogP contribution in [-0.4, -0.2) is 82.8 Å². The molecule has 0 saturated carbocycles. The topological polar surface area (TPSA) is 136 Å². The fourth-order valence-electron chi connectivity index (χ4n) is 3.76. The van der Waals surface area contributed by atoms with Gasteiger partial charge in [0.25, 0.3) is 5.91 Å². The molecule has 2 aliphatic rings. The second-order valence-electron chi connectivity index (χ2n) is 7.57. The number of nitrogens with one attached hydrogen (secondary N) is 2. The molecule has 3 N–H and O–H groups in total.